The van der Waals surface area contributed by atoms with Crippen molar-refractivity contribution in [3.8, 4) is 0 Å². The van der Waals surface area contributed by atoms with E-state index in [1.807, 2.05) is 18.5 Å². The highest BCUT2D eigenvalue weighted by Gasteiger charge is 2.05. The lowest BCUT2D eigenvalue weighted by molar-refractivity contribution is -0.136. The molecule has 0 unspecified atom stereocenters. The van der Waals surface area contributed by atoms with Crippen LogP contribution < -0.4 is 0 Å². The molecule has 0 aromatic carbocycles. The van der Waals surface area contributed by atoms with Crippen molar-refractivity contribution in [2.24, 2.45) is 7.05 Å². The van der Waals surface area contributed by atoms with Crippen LogP contribution in [-0.4, -0.2) is 31.6 Å². The third kappa shape index (κ3) is 2.73. The van der Waals surface area contributed by atoms with E-state index in [-0.39, 0.29) is 6.42 Å². The van der Waals surface area contributed by atoms with Gasteiger partial charge in [0.1, 0.15) is 5.82 Å². The second kappa shape index (κ2) is 4.27. The summed E-state index contributed by atoms with van der Waals surface area (Å²) >= 11 is 1.40. The van der Waals surface area contributed by atoms with Gasteiger partial charge in [-0.1, -0.05) is 11.8 Å². The largest absolute Gasteiger partial charge is 0.481 e. The average Bonchev–Trinajstić information content (AvgIpc) is 2.35. The van der Waals surface area contributed by atoms with Gasteiger partial charge in [-0.2, -0.15) is 0 Å². The van der Waals surface area contributed by atoms with Gasteiger partial charge < -0.3 is 9.67 Å². The van der Waals surface area contributed by atoms with Gasteiger partial charge in [0.25, 0.3) is 0 Å². The van der Waals surface area contributed by atoms with E-state index in [2.05, 4.69) is 10.2 Å². The number of aromatic nitrogens is 3. The molecule has 1 N–H and O–H groups in total. The van der Waals surface area contributed by atoms with Crippen molar-refractivity contribution in [1.29, 1.82) is 0 Å². The highest BCUT2D eigenvalue weighted by molar-refractivity contribution is 7.99. The van der Waals surface area contributed by atoms with Crippen molar-refractivity contribution in [1.82, 2.24) is 14.8 Å². The summed E-state index contributed by atoms with van der Waals surface area (Å²) in [4.78, 5) is 10.2. The van der Waals surface area contributed by atoms with E-state index in [4.69, 9.17) is 5.11 Å². The second-order valence-electron chi connectivity index (χ2n) is 2.58. The molecule has 6 heteroatoms. The predicted octanol–water partition coefficient (Wildman–Crippen LogP) is 0.690. The van der Waals surface area contributed by atoms with Crippen LogP contribution in [0.25, 0.3) is 0 Å². The van der Waals surface area contributed by atoms with Crippen LogP contribution in [0.4, 0.5) is 0 Å². The summed E-state index contributed by atoms with van der Waals surface area (Å²) < 4.78 is 1.84. The number of hydrogen-bond acceptors (Lipinski definition) is 4. The lowest BCUT2D eigenvalue weighted by Crippen LogP contribution is -1.98. The Hall–Kier alpha value is -1.04. The molecule has 0 saturated carbocycles. The molecule has 0 aliphatic carbocycles. The first-order valence-electron chi connectivity index (χ1n) is 3.82. The molecule has 0 fully saturated rings. The first kappa shape index (κ1) is 10.0. The zero-order valence-electron chi connectivity index (χ0n) is 7.52. The molecule has 5 nitrogen and oxygen atoms in total. The highest BCUT2D eigenvalue weighted by Crippen LogP contribution is 2.15. The molecule has 0 saturated heterocycles. The summed E-state index contributed by atoms with van der Waals surface area (Å²) in [6.45, 7) is 1.86. The van der Waals surface area contributed by atoms with Gasteiger partial charge in [-0.25, -0.2) is 0 Å². The van der Waals surface area contributed by atoms with Crippen molar-refractivity contribution in [3.63, 3.8) is 0 Å². The lowest BCUT2D eigenvalue weighted by atomic mass is 10.5. The first-order valence-corrected chi connectivity index (χ1v) is 4.80. The molecule has 1 aromatic heterocycles. The number of thioether (sulfide) groups is 1. The van der Waals surface area contributed by atoms with Crippen molar-refractivity contribution in [3.05, 3.63) is 5.82 Å². The normalized spacial score (nSPS) is 10.3. The van der Waals surface area contributed by atoms with Crippen LogP contribution in [0.5, 0.6) is 0 Å². The Morgan fingerprint density at radius 3 is 2.77 bits per heavy atom. The van der Waals surface area contributed by atoms with Gasteiger partial charge in [0, 0.05) is 12.8 Å². The van der Waals surface area contributed by atoms with Crippen molar-refractivity contribution >= 4 is 17.7 Å². The van der Waals surface area contributed by atoms with E-state index < -0.39 is 5.97 Å². The Kier molecular flexibility index (Phi) is 3.30. The summed E-state index contributed by atoms with van der Waals surface area (Å²) in [5, 5.41) is 16.9. The van der Waals surface area contributed by atoms with Crippen LogP contribution in [0.3, 0.4) is 0 Å². The molecule has 13 heavy (non-hydrogen) atoms. The van der Waals surface area contributed by atoms with Gasteiger partial charge in [-0.15, -0.1) is 10.2 Å². The van der Waals surface area contributed by atoms with E-state index >= 15 is 0 Å². The number of carboxylic acids is 1. The maximum Gasteiger partial charge on any atom is 0.304 e. The number of rotatable bonds is 4. The molecule has 0 atom stereocenters. The summed E-state index contributed by atoms with van der Waals surface area (Å²) in [5.41, 5.74) is 0. The van der Waals surface area contributed by atoms with Crippen LogP contribution in [0.2, 0.25) is 0 Å². The van der Waals surface area contributed by atoms with Crippen LogP contribution in [0.1, 0.15) is 12.2 Å². The molecular weight excluding hydrogens is 190 g/mol. The Morgan fingerprint density at radius 1 is 1.62 bits per heavy atom. The average molecular weight is 201 g/mol. The van der Waals surface area contributed by atoms with Crippen LogP contribution >= 0.6 is 11.8 Å². The first-order chi connectivity index (χ1) is 6.11. The molecule has 0 aliphatic rings. The van der Waals surface area contributed by atoms with Crippen molar-refractivity contribution in [2.75, 3.05) is 5.75 Å². The molecule has 0 spiro atoms. The van der Waals surface area contributed by atoms with Gasteiger partial charge in [-0.3, -0.25) is 4.79 Å². The second-order valence-corrected chi connectivity index (χ2v) is 3.64. The van der Waals surface area contributed by atoms with Crippen LogP contribution in [-0.2, 0) is 11.8 Å². The maximum atomic E-state index is 10.2. The molecule has 1 heterocycles. The summed E-state index contributed by atoms with van der Waals surface area (Å²) in [6, 6.07) is 0. The van der Waals surface area contributed by atoms with Gasteiger partial charge in [0.2, 0.25) is 0 Å². The molecule has 1 rings (SSSR count). The zero-order chi connectivity index (χ0) is 9.84. The minimum Gasteiger partial charge on any atom is -0.481 e. The smallest absolute Gasteiger partial charge is 0.304 e. The van der Waals surface area contributed by atoms with E-state index in [0.717, 1.165) is 11.0 Å². The van der Waals surface area contributed by atoms with Crippen LogP contribution in [0.15, 0.2) is 5.16 Å². The molecular formula is C7H11N3O2S. The third-order valence-corrected chi connectivity index (χ3v) is 2.62. The summed E-state index contributed by atoms with van der Waals surface area (Å²) in [5.74, 6) is 0.575. The number of nitrogens with zero attached hydrogens (tertiary/aromatic N) is 3. The molecule has 0 amide bonds. The molecule has 1 aromatic rings. The maximum absolute atomic E-state index is 10.2. The minimum absolute atomic E-state index is 0.149. The van der Waals surface area contributed by atoms with E-state index in [1.54, 1.807) is 0 Å². The fourth-order valence-corrected chi connectivity index (χ4v) is 1.63. The Labute approximate surface area is 80.2 Å². The molecule has 72 valence electrons. The van der Waals surface area contributed by atoms with Gasteiger partial charge in [0.05, 0.1) is 6.42 Å². The SMILES string of the molecule is Cc1nnc(SCCC(=O)O)n1C. The van der Waals surface area contributed by atoms with Crippen molar-refractivity contribution < 1.29 is 9.90 Å². The lowest BCUT2D eigenvalue weighted by Gasteiger charge is -1.98. The monoisotopic (exact) mass is 201 g/mol. The predicted molar refractivity (Wildman–Crippen MR) is 48.7 cm³/mol. The van der Waals surface area contributed by atoms with E-state index in [9.17, 15) is 4.79 Å². The Bertz CT molecular complexity index is 311. The molecule has 0 aliphatic heterocycles. The van der Waals surface area contributed by atoms with Crippen LogP contribution in [0, 0.1) is 6.92 Å². The fourth-order valence-electron chi connectivity index (χ4n) is 0.743. The summed E-state index contributed by atoms with van der Waals surface area (Å²) in [7, 11) is 1.86. The number of aryl methyl sites for hydroxylation is 1. The summed E-state index contributed by atoms with van der Waals surface area (Å²) in [6.07, 6.45) is 0.149. The molecule has 0 bridgehead atoms. The van der Waals surface area contributed by atoms with E-state index in [0.29, 0.717) is 5.75 Å². The third-order valence-electron chi connectivity index (χ3n) is 1.60. The Morgan fingerprint density at radius 2 is 2.31 bits per heavy atom. The topological polar surface area (TPSA) is 68.0 Å². The number of aliphatic carboxylic acids is 1. The fraction of sp³-hybridized carbons (Fsp3) is 0.571. The van der Waals surface area contributed by atoms with E-state index in [1.165, 1.54) is 11.8 Å². The number of carboxylic acid groups (broad SMARTS) is 1. The number of carbonyl (C=O) groups is 1. The quantitative estimate of drug-likeness (QED) is 0.726. The number of hydrogen-bond donors (Lipinski definition) is 1. The Balaban J connectivity index is 2.45. The zero-order valence-corrected chi connectivity index (χ0v) is 8.34. The van der Waals surface area contributed by atoms with Gasteiger partial charge in [-0.05, 0) is 6.92 Å². The minimum atomic E-state index is -0.786. The molecule has 0 radical (unpaired) electrons. The standard InChI is InChI=1S/C7H11N3O2S/c1-5-8-9-7(10(5)2)13-4-3-6(11)12/h3-4H2,1-2H3,(H,11,12). The highest BCUT2D eigenvalue weighted by atomic mass is 32.2. The van der Waals surface area contributed by atoms with Gasteiger partial charge >= 0.3 is 5.97 Å². The van der Waals surface area contributed by atoms with Gasteiger partial charge in [0.15, 0.2) is 5.16 Å². The van der Waals surface area contributed by atoms with Crippen molar-refractivity contribution in [2.45, 2.75) is 18.5 Å².